The quantitative estimate of drug-likeness (QED) is 0.844. The van der Waals surface area contributed by atoms with Gasteiger partial charge in [0.15, 0.2) is 0 Å². The summed E-state index contributed by atoms with van der Waals surface area (Å²) in [5, 5.41) is 3.86. The van der Waals surface area contributed by atoms with E-state index in [0.717, 1.165) is 10.7 Å². The van der Waals surface area contributed by atoms with Crippen LogP contribution in [0.15, 0.2) is 30.6 Å². The van der Waals surface area contributed by atoms with E-state index < -0.39 is 23.6 Å². The van der Waals surface area contributed by atoms with Crippen LogP contribution in [0.2, 0.25) is 0 Å². The fourth-order valence-corrected chi connectivity index (χ4v) is 1.80. The number of carbonyl (C=O) groups is 1. The Morgan fingerprint density at radius 1 is 1.26 bits per heavy atom. The maximum atomic E-state index is 12.6. The summed E-state index contributed by atoms with van der Waals surface area (Å²) < 4.78 is 44.1. The third-order valence-corrected chi connectivity index (χ3v) is 2.70. The summed E-state index contributed by atoms with van der Waals surface area (Å²) in [6.45, 7) is 5.17. The maximum Gasteiger partial charge on any atom is 0.435 e. The molecule has 0 radical (unpaired) electrons. The zero-order chi connectivity index (χ0) is 17.3. The van der Waals surface area contributed by atoms with E-state index >= 15 is 0 Å². The van der Waals surface area contributed by atoms with E-state index in [9.17, 15) is 18.0 Å². The van der Waals surface area contributed by atoms with Crippen molar-refractivity contribution in [2.45, 2.75) is 39.0 Å². The first kappa shape index (κ1) is 17.0. The highest BCUT2D eigenvalue weighted by Gasteiger charge is 2.32. The first-order valence-electron chi connectivity index (χ1n) is 6.85. The van der Waals surface area contributed by atoms with Gasteiger partial charge in [0.1, 0.15) is 11.3 Å². The van der Waals surface area contributed by atoms with E-state index in [1.54, 1.807) is 20.8 Å². The Bertz CT molecular complexity index is 702. The van der Waals surface area contributed by atoms with Gasteiger partial charge in [-0.25, -0.2) is 9.78 Å². The molecule has 0 aliphatic heterocycles. The van der Waals surface area contributed by atoms with E-state index in [1.165, 1.54) is 24.5 Å². The molecule has 5 nitrogen and oxygen atoms in total. The Labute approximate surface area is 131 Å². The number of hydrogen-bond acceptors (Lipinski definition) is 4. The largest absolute Gasteiger partial charge is 0.442 e. The molecule has 0 spiro atoms. The number of aromatic nitrogens is 3. The molecule has 0 bridgehead atoms. The summed E-state index contributed by atoms with van der Waals surface area (Å²) in [5.41, 5.74) is -0.813. The predicted octanol–water partition coefficient (Wildman–Crippen LogP) is 3.67. The first-order valence-corrected chi connectivity index (χ1v) is 6.85. The minimum Gasteiger partial charge on any atom is -0.442 e. The normalized spacial score (nSPS) is 12.3. The lowest BCUT2D eigenvalue weighted by Gasteiger charge is -2.18. The molecule has 0 N–H and O–H groups in total. The zero-order valence-corrected chi connectivity index (χ0v) is 12.9. The molecule has 0 aliphatic rings. The third kappa shape index (κ3) is 4.80. The van der Waals surface area contributed by atoms with Gasteiger partial charge in [0.2, 0.25) is 0 Å². The van der Waals surface area contributed by atoms with Gasteiger partial charge >= 0.3 is 12.3 Å². The SMILES string of the molecule is CC(C)(C)OC(=O)n1cc(Cc2cccc(C(F)(F)F)n2)cn1. The van der Waals surface area contributed by atoms with Crippen LogP contribution in [0.5, 0.6) is 0 Å². The number of ether oxygens (including phenoxy) is 1. The van der Waals surface area contributed by atoms with E-state index in [2.05, 4.69) is 10.1 Å². The van der Waals surface area contributed by atoms with E-state index in [-0.39, 0.29) is 12.1 Å². The van der Waals surface area contributed by atoms with Crippen LogP contribution >= 0.6 is 0 Å². The topological polar surface area (TPSA) is 57.0 Å². The first-order chi connectivity index (χ1) is 10.5. The van der Waals surface area contributed by atoms with Gasteiger partial charge in [-0.2, -0.15) is 23.0 Å². The molecule has 23 heavy (non-hydrogen) atoms. The van der Waals surface area contributed by atoms with Gasteiger partial charge in [0.05, 0.1) is 6.20 Å². The molecule has 0 amide bonds. The number of pyridine rings is 1. The number of halogens is 3. The van der Waals surface area contributed by atoms with Crippen LogP contribution < -0.4 is 0 Å². The van der Waals surface area contributed by atoms with Gasteiger partial charge in [-0.15, -0.1) is 0 Å². The smallest absolute Gasteiger partial charge is 0.435 e. The number of alkyl halides is 3. The van der Waals surface area contributed by atoms with Crippen LogP contribution in [0.4, 0.5) is 18.0 Å². The summed E-state index contributed by atoms with van der Waals surface area (Å²) in [6, 6.07) is 3.69. The molecule has 2 rings (SSSR count). The fraction of sp³-hybridized carbons (Fsp3) is 0.400. The number of nitrogens with zero attached hydrogens (tertiary/aromatic N) is 3. The lowest BCUT2D eigenvalue weighted by atomic mass is 10.2. The zero-order valence-electron chi connectivity index (χ0n) is 12.9. The van der Waals surface area contributed by atoms with Crippen molar-refractivity contribution in [1.29, 1.82) is 0 Å². The predicted molar refractivity (Wildman–Crippen MR) is 75.9 cm³/mol. The van der Waals surface area contributed by atoms with Crippen molar-refractivity contribution >= 4 is 6.09 Å². The van der Waals surface area contributed by atoms with Gasteiger partial charge in [-0.1, -0.05) is 6.07 Å². The van der Waals surface area contributed by atoms with Crippen LogP contribution in [-0.4, -0.2) is 26.5 Å². The second-order valence-electron chi connectivity index (χ2n) is 5.96. The molecule has 2 aromatic rings. The molecule has 0 unspecified atom stereocenters. The van der Waals surface area contributed by atoms with Crippen molar-refractivity contribution < 1.29 is 22.7 Å². The van der Waals surface area contributed by atoms with Gasteiger partial charge in [0, 0.05) is 18.3 Å². The Morgan fingerprint density at radius 3 is 2.57 bits per heavy atom. The van der Waals surface area contributed by atoms with Crippen LogP contribution in [0, 0.1) is 0 Å². The van der Waals surface area contributed by atoms with Crippen LogP contribution in [0.1, 0.15) is 37.7 Å². The highest BCUT2D eigenvalue weighted by atomic mass is 19.4. The Balaban J connectivity index is 2.12. The van der Waals surface area contributed by atoms with E-state index in [1.807, 2.05) is 0 Å². The summed E-state index contributed by atoms with van der Waals surface area (Å²) in [5.74, 6) is 0. The molecule has 8 heteroatoms. The summed E-state index contributed by atoms with van der Waals surface area (Å²) >= 11 is 0. The van der Waals surface area contributed by atoms with Crippen molar-refractivity contribution in [2.75, 3.05) is 0 Å². The molecule has 2 aromatic heterocycles. The Kier molecular flexibility index (Phi) is 4.44. The van der Waals surface area contributed by atoms with Crippen molar-refractivity contribution in [3.8, 4) is 0 Å². The van der Waals surface area contributed by atoms with Crippen LogP contribution in [0.3, 0.4) is 0 Å². The van der Waals surface area contributed by atoms with Crippen LogP contribution in [0.25, 0.3) is 0 Å². The second kappa shape index (κ2) is 6.02. The highest BCUT2D eigenvalue weighted by Crippen LogP contribution is 2.27. The number of hydrogen-bond donors (Lipinski definition) is 0. The lowest BCUT2D eigenvalue weighted by Crippen LogP contribution is -2.27. The standard InChI is InChI=1S/C15H16F3N3O2/c1-14(2,3)23-13(22)21-9-10(8-19-21)7-11-5-4-6-12(20-11)15(16,17)18/h4-6,8-9H,7H2,1-3H3. The molecule has 0 saturated carbocycles. The van der Waals surface area contributed by atoms with Crippen molar-refractivity contribution in [1.82, 2.24) is 14.8 Å². The van der Waals surface area contributed by atoms with E-state index in [0.29, 0.717) is 5.56 Å². The average Bonchev–Trinajstić information content (AvgIpc) is 2.85. The van der Waals surface area contributed by atoms with Gasteiger partial charge in [0.25, 0.3) is 0 Å². The maximum absolute atomic E-state index is 12.6. The summed E-state index contributed by atoms with van der Waals surface area (Å²) in [6.07, 6.45) is -2.20. The second-order valence-corrected chi connectivity index (χ2v) is 5.96. The molecule has 2 heterocycles. The molecule has 0 saturated heterocycles. The fourth-order valence-electron chi connectivity index (χ4n) is 1.80. The Hall–Kier alpha value is -2.38. The van der Waals surface area contributed by atoms with Gasteiger partial charge < -0.3 is 4.74 Å². The Morgan fingerprint density at radius 2 is 1.96 bits per heavy atom. The molecule has 124 valence electrons. The molecule has 0 aliphatic carbocycles. The van der Waals surface area contributed by atoms with Crippen molar-refractivity contribution in [3.63, 3.8) is 0 Å². The van der Waals surface area contributed by atoms with Crippen molar-refractivity contribution in [3.05, 3.63) is 47.5 Å². The average molecular weight is 327 g/mol. The highest BCUT2D eigenvalue weighted by molar-refractivity contribution is 5.69. The number of carbonyl (C=O) groups excluding carboxylic acids is 1. The monoisotopic (exact) mass is 327 g/mol. The van der Waals surface area contributed by atoms with Crippen molar-refractivity contribution in [2.24, 2.45) is 0 Å². The minimum atomic E-state index is -4.49. The number of rotatable bonds is 2. The van der Waals surface area contributed by atoms with E-state index in [4.69, 9.17) is 4.74 Å². The molecule has 0 aromatic carbocycles. The summed E-state index contributed by atoms with van der Waals surface area (Å²) in [4.78, 5) is 15.4. The third-order valence-electron chi connectivity index (χ3n) is 2.70. The molecular formula is C15H16F3N3O2. The van der Waals surface area contributed by atoms with Gasteiger partial charge in [-0.05, 0) is 38.5 Å². The molecule has 0 fully saturated rings. The minimum absolute atomic E-state index is 0.132. The van der Waals surface area contributed by atoms with Crippen LogP contribution in [-0.2, 0) is 17.3 Å². The molecule has 0 atom stereocenters. The lowest BCUT2D eigenvalue weighted by molar-refractivity contribution is -0.141. The van der Waals surface area contributed by atoms with Gasteiger partial charge in [-0.3, -0.25) is 0 Å². The molecular weight excluding hydrogens is 311 g/mol. The summed E-state index contributed by atoms with van der Waals surface area (Å²) in [7, 11) is 0.